The predicted molar refractivity (Wildman–Crippen MR) is 116 cm³/mol. The Hall–Kier alpha value is -2.76. The first kappa shape index (κ1) is 20.2. The van der Waals surface area contributed by atoms with Gasteiger partial charge < -0.3 is 10.5 Å². The number of aromatic nitrogens is 2. The molecular formula is C25H29N3O3. The van der Waals surface area contributed by atoms with Crippen LogP contribution in [-0.2, 0) is 14.9 Å². The third-order valence-corrected chi connectivity index (χ3v) is 7.93. The maximum Gasteiger partial charge on any atom is 0.311 e. The van der Waals surface area contributed by atoms with Crippen LogP contribution in [0, 0.1) is 31.1 Å². The Bertz CT molecular complexity index is 1060. The molecule has 1 aromatic heterocycles. The first-order valence-corrected chi connectivity index (χ1v) is 11.1. The minimum absolute atomic E-state index is 0.0212. The van der Waals surface area contributed by atoms with Crippen molar-refractivity contribution in [1.82, 2.24) is 9.97 Å². The predicted octanol–water partition coefficient (Wildman–Crippen LogP) is 3.87. The number of nitrogens with two attached hydrogens (primary N) is 1. The van der Waals surface area contributed by atoms with Gasteiger partial charge in [0, 0.05) is 5.56 Å². The second-order valence-electron chi connectivity index (χ2n) is 10.0. The molecule has 0 aliphatic heterocycles. The first-order valence-electron chi connectivity index (χ1n) is 11.1. The summed E-state index contributed by atoms with van der Waals surface area (Å²) in [5.74, 6) is 0.614. The zero-order valence-corrected chi connectivity index (χ0v) is 18.4. The molecule has 0 saturated heterocycles. The average molecular weight is 420 g/mol. The number of rotatable bonds is 4. The van der Waals surface area contributed by atoms with Crippen LogP contribution in [0.15, 0.2) is 24.3 Å². The van der Waals surface area contributed by atoms with Crippen LogP contribution in [0.2, 0.25) is 0 Å². The Kier molecular flexibility index (Phi) is 4.47. The number of nitrogens with zero attached hydrogens (tertiary/aromatic N) is 2. The molecule has 0 radical (unpaired) electrons. The Morgan fingerprint density at radius 1 is 1.00 bits per heavy atom. The summed E-state index contributed by atoms with van der Waals surface area (Å²) in [5.41, 5.74) is 9.64. The van der Waals surface area contributed by atoms with E-state index in [4.69, 9.17) is 10.5 Å². The molecule has 1 heterocycles. The lowest BCUT2D eigenvalue weighted by molar-refractivity contribution is -0.171. The number of benzene rings is 1. The summed E-state index contributed by atoms with van der Waals surface area (Å²) < 4.78 is 5.25. The number of hydrogen-bond donors (Lipinski definition) is 1. The maximum atomic E-state index is 12.8. The minimum atomic E-state index is -0.565. The van der Waals surface area contributed by atoms with Gasteiger partial charge >= 0.3 is 5.97 Å². The van der Waals surface area contributed by atoms with Crippen LogP contribution in [0.25, 0.3) is 11.3 Å². The van der Waals surface area contributed by atoms with Crippen molar-refractivity contribution in [3.05, 3.63) is 46.9 Å². The summed E-state index contributed by atoms with van der Waals surface area (Å²) in [4.78, 5) is 33.5. The molecule has 4 bridgehead atoms. The van der Waals surface area contributed by atoms with Crippen LogP contribution in [0.1, 0.15) is 66.0 Å². The number of aryl methyl sites for hydroxylation is 2. The van der Waals surface area contributed by atoms with Gasteiger partial charge in [-0.25, -0.2) is 4.98 Å². The van der Waals surface area contributed by atoms with Gasteiger partial charge in [-0.05, 0) is 75.2 Å². The highest BCUT2D eigenvalue weighted by Gasteiger charge is 2.61. The molecule has 4 aliphatic carbocycles. The van der Waals surface area contributed by atoms with Gasteiger partial charge in [-0.1, -0.05) is 24.3 Å². The van der Waals surface area contributed by atoms with E-state index in [2.05, 4.69) is 34.2 Å². The summed E-state index contributed by atoms with van der Waals surface area (Å²) in [7, 11) is 1.52. The number of methoxy groups -OCH3 is 1. The van der Waals surface area contributed by atoms with E-state index in [-0.39, 0.29) is 22.5 Å². The van der Waals surface area contributed by atoms with Gasteiger partial charge in [0.1, 0.15) is 5.69 Å². The highest BCUT2D eigenvalue weighted by atomic mass is 16.5. The summed E-state index contributed by atoms with van der Waals surface area (Å²) in [6.07, 6.45) is 6.38. The van der Waals surface area contributed by atoms with E-state index < -0.39 is 5.91 Å². The van der Waals surface area contributed by atoms with Gasteiger partial charge in [0.05, 0.1) is 29.6 Å². The number of hydrogen-bond acceptors (Lipinski definition) is 5. The molecule has 31 heavy (non-hydrogen) atoms. The Labute approximate surface area is 182 Å². The molecule has 0 spiro atoms. The number of carbonyl (C=O) groups excluding carboxylic acids is 2. The van der Waals surface area contributed by atoms with Crippen molar-refractivity contribution >= 4 is 11.9 Å². The minimum Gasteiger partial charge on any atom is -0.469 e. The Morgan fingerprint density at radius 3 is 2.23 bits per heavy atom. The highest BCUT2D eigenvalue weighted by molar-refractivity contribution is 5.92. The van der Waals surface area contributed by atoms with Crippen molar-refractivity contribution in [2.45, 2.75) is 57.8 Å². The number of ether oxygens (including phenoxy) is 1. The lowest BCUT2D eigenvalue weighted by Gasteiger charge is -2.61. The molecule has 1 amide bonds. The van der Waals surface area contributed by atoms with Crippen molar-refractivity contribution in [3.8, 4) is 11.3 Å². The van der Waals surface area contributed by atoms with E-state index in [1.54, 1.807) is 6.92 Å². The van der Waals surface area contributed by atoms with E-state index in [0.717, 1.165) is 43.4 Å². The fraction of sp³-hybridized carbons (Fsp3) is 0.520. The molecule has 4 saturated carbocycles. The molecule has 6 heteroatoms. The lowest BCUT2D eigenvalue weighted by atomic mass is 9.43. The zero-order valence-electron chi connectivity index (χ0n) is 18.4. The van der Waals surface area contributed by atoms with Crippen LogP contribution in [0.5, 0.6) is 0 Å². The second-order valence-corrected chi connectivity index (χ2v) is 10.0. The first-order chi connectivity index (χ1) is 14.7. The molecule has 4 aliphatic rings. The fourth-order valence-corrected chi connectivity index (χ4v) is 7.18. The van der Waals surface area contributed by atoms with Crippen molar-refractivity contribution in [2.75, 3.05) is 7.11 Å². The quantitative estimate of drug-likeness (QED) is 0.759. The summed E-state index contributed by atoms with van der Waals surface area (Å²) in [5, 5.41) is 0. The Morgan fingerprint density at radius 2 is 1.65 bits per heavy atom. The smallest absolute Gasteiger partial charge is 0.311 e. The van der Waals surface area contributed by atoms with Crippen molar-refractivity contribution in [1.29, 1.82) is 0 Å². The SMILES string of the molecule is COC(=O)C12CC3CC(C1)CC(c1ccc(-c4nc(C(N)=O)c(C)nc4C)cc1)(C3)C2. The van der Waals surface area contributed by atoms with Crippen molar-refractivity contribution in [3.63, 3.8) is 0 Å². The van der Waals surface area contributed by atoms with E-state index in [1.165, 1.54) is 19.1 Å². The molecule has 2 aromatic rings. The zero-order chi connectivity index (χ0) is 22.0. The second kappa shape index (κ2) is 6.87. The van der Waals surface area contributed by atoms with E-state index in [0.29, 0.717) is 23.2 Å². The largest absolute Gasteiger partial charge is 0.469 e. The number of carbonyl (C=O) groups is 2. The Balaban J connectivity index is 1.51. The summed E-state index contributed by atoms with van der Waals surface area (Å²) >= 11 is 0. The number of esters is 1. The van der Waals surface area contributed by atoms with Gasteiger partial charge in [0.15, 0.2) is 0 Å². The van der Waals surface area contributed by atoms with Crippen molar-refractivity contribution < 1.29 is 14.3 Å². The maximum absolute atomic E-state index is 12.8. The average Bonchev–Trinajstić information content (AvgIpc) is 2.72. The molecule has 2 N–H and O–H groups in total. The van der Waals surface area contributed by atoms with Crippen LogP contribution in [0.4, 0.5) is 0 Å². The van der Waals surface area contributed by atoms with Crippen LogP contribution in [-0.4, -0.2) is 29.0 Å². The lowest BCUT2D eigenvalue weighted by Crippen LogP contribution is -2.57. The molecule has 6 nitrogen and oxygen atoms in total. The molecule has 162 valence electrons. The molecule has 6 rings (SSSR count). The van der Waals surface area contributed by atoms with Crippen LogP contribution in [0.3, 0.4) is 0 Å². The van der Waals surface area contributed by atoms with Gasteiger partial charge in [0.25, 0.3) is 5.91 Å². The molecule has 4 fully saturated rings. The summed E-state index contributed by atoms with van der Waals surface area (Å²) in [6.45, 7) is 3.64. The molecule has 2 unspecified atom stereocenters. The van der Waals surface area contributed by atoms with E-state index in [1.807, 2.05) is 6.92 Å². The van der Waals surface area contributed by atoms with Crippen LogP contribution < -0.4 is 5.73 Å². The normalized spacial score (nSPS) is 30.9. The van der Waals surface area contributed by atoms with Gasteiger partial charge in [-0.15, -0.1) is 0 Å². The summed E-state index contributed by atoms with van der Waals surface area (Å²) in [6, 6.07) is 8.49. The molecular weight excluding hydrogens is 390 g/mol. The van der Waals surface area contributed by atoms with Crippen LogP contribution >= 0.6 is 0 Å². The third-order valence-electron chi connectivity index (χ3n) is 7.93. The monoisotopic (exact) mass is 419 g/mol. The van der Waals surface area contributed by atoms with Crippen molar-refractivity contribution in [2.24, 2.45) is 23.0 Å². The van der Waals surface area contributed by atoms with Gasteiger partial charge in [0.2, 0.25) is 0 Å². The van der Waals surface area contributed by atoms with Gasteiger partial charge in [-0.3, -0.25) is 14.6 Å². The molecule has 1 aromatic carbocycles. The number of amides is 1. The highest BCUT2D eigenvalue weighted by Crippen LogP contribution is 2.66. The fourth-order valence-electron chi connectivity index (χ4n) is 7.18. The van der Waals surface area contributed by atoms with Gasteiger partial charge in [-0.2, -0.15) is 0 Å². The van der Waals surface area contributed by atoms with E-state index >= 15 is 0 Å². The topological polar surface area (TPSA) is 95.2 Å². The standard InChI is InChI=1S/C25H29N3O3/c1-14-20(28-21(22(26)29)15(2)27-14)18-4-6-19(7-5-18)24-9-16-8-17(10-24)12-25(11-16,13-24)23(30)31-3/h4-7,16-17H,8-13H2,1-3H3,(H2,26,29). The molecule has 2 atom stereocenters. The third kappa shape index (κ3) is 3.07. The number of primary amides is 1. The van der Waals surface area contributed by atoms with E-state index in [9.17, 15) is 9.59 Å².